The Kier molecular flexibility index (Phi) is 8.32. The third-order valence-electron chi connectivity index (χ3n) is 11.5. The van der Waals surface area contributed by atoms with Crippen LogP contribution in [0.15, 0.2) is 158 Å². The molecule has 0 amide bonds. The predicted molar refractivity (Wildman–Crippen MR) is 231 cm³/mol. The van der Waals surface area contributed by atoms with Crippen molar-refractivity contribution >= 4 is 54.6 Å². The molecule has 0 unspecified atom stereocenters. The summed E-state index contributed by atoms with van der Waals surface area (Å²) in [6, 6.07) is 57.3. The molecule has 0 radical (unpaired) electrons. The summed E-state index contributed by atoms with van der Waals surface area (Å²) < 4.78 is 4.51. The normalized spacial score (nSPS) is 11.6. The molecule has 0 atom stereocenters. The van der Waals surface area contributed by atoms with Crippen molar-refractivity contribution in [2.24, 2.45) is 0 Å². The van der Waals surface area contributed by atoms with E-state index in [2.05, 4.69) is 175 Å². The molecule has 6 heteroatoms. The van der Waals surface area contributed by atoms with Gasteiger partial charge in [-0.15, -0.1) is 34.8 Å². The first-order chi connectivity index (χ1) is 27.5. The first kappa shape index (κ1) is 34.9. The second-order valence-corrected chi connectivity index (χ2v) is 14.7. The molecule has 57 heavy (non-hydrogen) atoms. The summed E-state index contributed by atoms with van der Waals surface area (Å²) in [6.45, 7) is 6.62. The summed E-state index contributed by atoms with van der Waals surface area (Å²) in [7, 11) is 0. The molecule has 0 saturated heterocycles. The topological polar surface area (TPSA) is 49.7 Å². The molecule has 0 fully saturated rings. The number of imidazole rings is 1. The van der Waals surface area contributed by atoms with Gasteiger partial charge in [0.2, 0.25) is 0 Å². The molecule has 0 spiro atoms. The standard InChI is InChI=1S/C51H35N5.Pt/c1-31-27-43-48(33(3)32(31)2)41-28-36(34-15-6-4-7-16-34)29-42(49(41)53-43)51-54-50-38(20-14-22-45(50)55(51)37-17-8-5-9-18-37)35-24-25-40-39-19-10-11-21-44(39)56(46(40)30-35)47-23-12-13-26-52-47;/h4-29H,1-3H3;/q-2;+2. The fourth-order valence-electron chi connectivity index (χ4n) is 8.63. The van der Waals surface area contributed by atoms with E-state index < -0.39 is 0 Å². The third-order valence-corrected chi connectivity index (χ3v) is 11.5. The Labute approximate surface area is 344 Å². The summed E-state index contributed by atoms with van der Waals surface area (Å²) in [5.41, 5.74) is 16.1. The minimum absolute atomic E-state index is 0. The van der Waals surface area contributed by atoms with E-state index in [4.69, 9.17) is 15.0 Å². The van der Waals surface area contributed by atoms with Gasteiger partial charge < -0.3 is 9.55 Å². The summed E-state index contributed by atoms with van der Waals surface area (Å²) >= 11 is 0. The SMILES string of the molecule is Cc1cc2[n-]c3c(-c4nc5c(-c6[c-]c7c(cc6)c6ccccc6n7-c6ccccn6)cccc5n4-c4ccccc4)cc(-c4ccccc4)cc3c2c(C)c1C.[Pt+2]. The number of aromatic nitrogens is 5. The molecule has 0 N–H and O–H groups in total. The summed E-state index contributed by atoms with van der Waals surface area (Å²) in [5.74, 6) is 1.71. The summed E-state index contributed by atoms with van der Waals surface area (Å²) in [4.78, 5) is 15.8. The quantitative estimate of drug-likeness (QED) is 0.162. The molecular weight excluding hydrogens is 878 g/mol. The van der Waals surface area contributed by atoms with Gasteiger partial charge in [-0.05, 0) is 119 Å². The van der Waals surface area contributed by atoms with Gasteiger partial charge in [0.15, 0.2) is 0 Å². The Bertz CT molecular complexity index is 3320. The number of nitrogens with zero attached hydrogens (tertiary/aromatic N) is 5. The van der Waals surface area contributed by atoms with Crippen molar-refractivity contribution in [3.63, 3.8) is 0 Å². The summed E-state index contributed by atoms with van der Waals surface area (Å²) in [5, 5.41) is 4.65. The molecule has 0 aliphatic heterocycles. The Balaban J connectivity index is 0.00000396. The van der Waals surface area contributed by atoms with Crippen LogP contribution < -0.4 is 4.98 Å². The Morgan fingerprint density at radius 1 is 0.579 bits per heavy atom. The van der Waals surface area contributed by atoms with Gasteiger partial charge in [0.1, 0.15) is 11.6 Å². The van der Waals surface area contributed by atoms with E-state index in [-0.39, 0.29) is 21.1 Å². The van der Waals surface area contributed by atoms with Gasteiger partial charge in [-0.25, -0.2) is 9.97 Å². The Morgan fingerprint density at radius 2 is 1.33 bits per heavy atom. The monoisotopic (exact) mass is 912 g/mol. The average Bonchev–Trinajstić information content (AvgIpc) is 3.93. The van der Waals surface area contributed by atoms with Gasteiger partial charge in [-0.3, -0.25) is 4.57 Å². The van der Waals surface area contributed by atoms with Gasteiger partial charge in [-0.1, -0.05) is 102 Å². The van der Waals surface area contributed by atoms with Crippen LogP contribution in [0.25, 0.3) is 99.8 Å². The minimum Gasteiger partial charge on any atom is -0.656 e. The van der Waals surface area contributed by atoms with Crippen molar-refractivity contribution < 1.29 is 21.1 Å². The van der Waals surface area contributed by atoms with Crippen molar-refractivity contribution in [2.45, 2.75) is 20.8 Å². The van der Waals surface area contributed by atoms with Crippen molar-refractivity contribution in [1.29, 1.82) is 0 Å². The number of pyridine rings is 1. The second kappa shape index (κ2) is 13.6. The van der Waals surface area contributed by atoms with E-state index in [0.29, 0.717) is 0 Å². The molecular formula is C51H35N5Pt. The molecule has 5 nitrogen and oxygen atoms in total. The largest absolute Gasteiger partial charge is 2.00 e. The number of benzene rings is 7. The van der Waals surface area contributed by atoms with E-state index in [1.165, 1.54) is 27.5 Å². The summed E-state index contributed by atoms with van der Waals surface area (Å²) in [6.07, 6.45) is 1.84. The van der Waals surface area contributed by atoms with E-state index in [9.17, 15) is 0 Å². The Hall–Kier alpha value is -6.55. The number of aryl methyl sites for hydroxylation is 2. The maximum absolute atomic E-state index is 5.64. The van der Waals surface area contributed by atoms with Crippen LogP contribution in [0.1, 0.15) is 16.7 Å². The van der Waals surface area contributed by atoms with Crippen LogP contribution in [0.4, 0.5) is 0 Å². The van der Waals surface area contributed by atoms with Crippen molar-refractivity contribution in [3.05, 3.63) is 181 Å². The number of rotatable bonds is 5. The zero-order valence-corrected chi connectivity index (χ0v) is 33.8. The van der Waals surface area contributed by atoms with Crippen molar-refractivity contribution in [3.8, 4) is 45.1 Å². The number of hydrogen-bond donors (Lipinski definition) is 0. The van der Waals surface area contributed by atoms with Crippen LogP contribution >= 0.6 is 0 Å². The maximum Gasteiger partial charge on any atom is 2.00 e. The number of para-hydroxylation sites is 3. The predicted octanol–water partition coefficient (Wildman–Crippen LogP) is 12.5. The van der Waals surface area contributed by atoms with Gasteiger partial charge >= 0.3 is 21.1 Å². The molecule has 11 aromatic rings. The molecule has 0 aliphatic carbocycles. The zero-order valence-electron chi connectivity index (χ0n) is 31.6. The number of hydrogen-bond acceptors (Lipinski definition) is 2. The molecule has 0 bridgehead atoms. The molecule has 4 aromatic heterocycles. The molecule has 7 aromatic carbocycles. The van der Waals surface area contributed by atoms with Crippen LogP contribution in [0.2, 0.25) is 0 Å². The zero-order chi connectivity index (χ0) is 37.5. The fourth-order valence-corrected chi connectivity index (χ4v) is 8.63. The maximum atomic E-state index is 5.64. The van der Waals surface area contributed by atoms with Crippen LogP contribution in [-0.4, -0.2) is 19.1 Å². The van der Waals surface area contributed by atoms with Gasteiger partial charge in [0.25, 0.3) is 0 Å². The molecule has 0 aliphatic rings. The van der Waals surface area contributed by atoms with Crippen LogP contribution in [0.3, 0.4) is 0 Å². The van der Waals surface area contributed by atoms with Gasteiger partial charge in [-0.2, -0.15) is 0 Å². The smallest absolute Gasteiger partial charge is 0.656 e. The van der Waals surface area contributed by atoms with Crippen LogP contribution in [-0.2, 0) is 21.1 Å². The van der Waals surface area contributed by atoms with Crippen LogP contribution in [0, 0.1) is 26.8 Å². The van der Waals surface area contributed by atoms with Gasteiger partial charge in [0, 0.05) is 23.0 Å². The van der Waals surface area contributed by atoms with E-state index in [1.54, 1.807) is 0 Å². The second-order valence-electron chi connectivity index (χ2n) is 14.7. The van der Waals surface area contributed by atoms with E-state index >= 15 is 0 Å². The van der Waals surface area contributed by atoms with Crippen molar-refractivity contribution in [2.75, 3.05) is 0 Å². The first-order valence-corrected chi connectivity index (χ1v) is 19.0. The Morgan fingerprint density at radius 3 is 2.14 bits per heavy atom. The molecule has 274 valence electrons. The molecule has 4 heterocycles. The number of fused-ring (bicyclic) bond motifs is 7. The fraction of sp³-hybridized carbons (Fsp3) is 0.0588. The minimum atomic E-state index is 0. The third kappa shape index (κ3) is 5.41. The first-order valence-electron chi connectivity index (χ1n) is 19.0. The van der Waals surface area contributed by atoms with E-state index in [0.717, 1.165) is 89.0 Å². The molecule has 0 saturated carbocycles. The van der Waals surface area contributed by atoms with Crippen molar-refractivity contribution in [1.82, 2.24) is 24.1 Å². The van der Waals surface area contributed by atoms with E-state index in [1.807, 2.05) is 18.3 Å². The van der Waals surface area contributed by atoms with Crippen LogP contribution in [0.5, 0.6) is 0 Å². The van der Waals surface area contributed by atoms with Gasteiger partial charge in [0.05, 0.1) is 11.0 Å². The average molecular weight is 913 g/mol. The molecule has 11 rings (SSSR count).